The molecule has 0 aliphatic rings. The molecule has 0 bridgehead atoms. The molecular formula is C15H15NO4. The summed E-state index contributed by atoms with van der Waals surface area (Å²) in [7, 11) is 0. The zero-order chi connectivity index (χ0) is 14.5. The summed E-state index contributed by atoms with van der Waals surface area (Å²) in [6, 6.07) is 10.3. The van der Waals surface area contributed by atoms with Gasteiger partial charge in [0.1, 0.15) is 5.75 Å². The topological polar surface area (TPSA) is 86.6 Å². The Hall–Kier alpha value is -2.56. The van der Waals surface area contributed by atoms with Crippen molar-refractivity contribution in [2.45, 2.75) is 19.3 Å². The summed E-state index contributed by atoms with van der Waals surface area (Å²) in [6.07, 6.45) is 0.463. The van der Waals surface area contributed by atoms with Crippen LogP contribution in [0.25, 0.3) is 10.8 Å². The number of aliphatic carboxylic acids is 1. The van der Waals surface area contributed by atoms with Gasteiger partial charge in [-0.1, -0.05) is 12.1 Å². The van der Waals surface area contributed by atoms with E-state index in [1.54, 1.807) is 30.3 Å². The lowest BCUT2D eigenvalue weighted by Gasteiger charge is -2.08. The molecule has 0 aliphatic heterocycles. The fourth-order valence-corrected chi connectivity index (χ4v) is 1.99. The summed E-state index contributed by atoms with van der Waals surface area (Å²) in [5.74, 6) is -0.951. The van der Waals surface area contributed by atoms with Crippen LogP contribution in [0.2, 0.25) is 0 Å². The van der Waals surface area contributed by atoms with Crippen LogP contribution in [0.3, 0.4) is 0 Å². The molecule has 104 valence electrons. The van der Waals surface area contributed by atoms with Crippen molar-refractivity contribution in [3.05, 3.63) is 36.4 Å². The number of hydrogen-bond acceptors (Lipinski definition) is 3. The highest BCUT2D eigenvalue weighted by molar-refractivity contribution is 6.02. The molecule has 0 fully saturated rings. The van der Waals surface area contributed by atoms with Crippen molar-refractivity contribution in [3.63, 3.8) is 0 Å². The fourth-order valence-electron chi connectivity index (χ4n) is 1.99. The maximum atomic E-state index is 11.8. The lowest BCUT2D eigenvalue weighted by Crippen LogP contribution is -2.12. The normalized spacial score (nSPS) is 10.4. The van der Waals surface area contributed by atoms with Gasteiger partial charge in [0.05, 0.1) is 0 Å². The molecule has 2 aromatic carbocycles. The van der Waals surface area contributed by atoms with Crippen LogP contribution in [0.5, 0.6) is 5.75 Å². The number of carboxylic acids is 1. The molecule has 2 aromatic rings. The van der Waals surface area contributed by atoms with E-state index in [1.165, 1.54) is 0 Å². The van der Waals surface area contributed by atoms with Crippen LogP contribution >= 0.6 is 0 Å². The van der Waals surface area contributed by atoms with Crippen molar-refractivity contribution in [1.29, 1.82) is 0 Å². The Bertz CT molecular complexity index is 651. The van der Waals surface area contributed by atoms with Gasteiger partial charge in [-0.15, -0.1) is 0 Å². The van der Waals surface area contributed by atoms with E-state index in [4.69, 9.17) is 5.11 Å². The van der Waals surface area contributed by atoms with E-state index < -0.39 is 5.97 Å². The molecule has 3 N–H and O–H groups in total. The number of carbonyl (C=O) groups excluding carboxylic acids is 1. The first-order chi connectivity index (χ1) is 9.56. The summed E-state index contributed by atoms with van der Waals surface area (Å²) in [6.45, 7) is 0. The SMILES string of the molecule is O=C(O)CCCC(=O)Nc1cccc2cc(O)ccc12. The van der Waals surface area contributed by atoms with Gasteiger partial charge < -0.3 is 15.5 Å². The third kappa shape index (κ3) is 3.47. The summed E-state index contributed by atoms with van der Waals surface area (Å²) in [4.78, 5) is 22.1. The van der Waals surface area contributed by atoms with Gasteiger partial charge in [0.25, 0.3) is 0 Å². The van der Waals surface area contributed by atoms with Crippen molar-refractivity contribution in [2.24, 2.45) is 0 Å². The highest BCUT2D eigenvalue weighted by Crippen LogP contribution is 2.26. The smallest absolute Gasteiger partial charge is 0.303 e. The monoisotopic (exact) mass is 273 g/mol. The molecule has 0 aromatic heterocycles. The Morgan fingerprint density at radius 2 is 1.90 bits per heavy atom. The first kappa shape index (κ1) is 13.9. The van der Waals surface area contributed by atoms with Crippen molar-refractivity contribution in [3.8, 4) is 5.75 Å². The summed E-state index contributed by atoms with van der Waals surface area (Å²) < 4.78 is 0. The number of nitrogens with one attached hydrogen (secondary N) is 1. The molecule has 2 rings (SSSR count). The Labute approximate surface area is 115 Å². The number of carboxylic acid groups (broad SMARTS) is 1. The Kier molecular flexibility index (Phi) is 4.20. The molecule has 5 nitrogen and oxygen atoms in total. The van der Waals surface area contributed by atoms with E-state index in [-0.39, 0.29) is 24.5 Å². The molecule has 0 aliphatic carbocycles. The van der Waals surface area contributed by atoms with Gasteiger partial charge in [-0.25, -0.2) is 0 Å². The number of rotatable bonds is 5. The van der Waals surface area contributed by atoms with Crippen LogP contribution < -0.4 is 5.32 Å². The molecule has 20 heavy (non-hydrogen) atoms. The second kappa shape index (κ2) is 6.06. The largest absolute Gasteiger partial charge is 0.508 e. The standard InChI is InChI=1S/C15H15NO4/c17-11-7-8-12-10(9-11)3-1-4-13(12)16-14(18)5-2-6-15(19)20/h1,3-4,7-9,17H,2,5-6H2,(H,16,18)(H,19,20). The van der Waals surface area contributed by atoms with E-state index in [1.807, 2.05) is 6.07 Å². The number of aromatic hydroxyl groups is 1. The zero-order valence-electron chi connectivity index (χ0n) is 10.8. The molecule has 1 amide bonds. The number of benzene rings is 2. The lowest BCUT2D eigenvalue weighted by atomic mass is 10.1. The molecule has 0 saturated heterocycles. The number of carbonyl (C=O) groups is 2. The van der Waals surface area contributed by atoms with Gasteiger partial charge in [-0.2, -0.15) is 0 Å². The minimum absolute atomic E-state index is 0.0170. The minimum Gasteiger partial charge on any atom is -0.508 e. The first-order valence-corrected chi connectivity index (χ1v) is 6.29. The summed E-state index contributed by atoms with van der Waals surface area (Å²) >= 11 is 0. The second-order valence-electron chi connectivity index (χ2n) is 4.51. The van der Waals surface area contributed by atoms with Crippen LogP contribution in [0.1, 0.15) is 19.3 Å². The number of hydrogen-bond donors (Lipinski definition) is 3. The van der Waals surface area contributed by atoms with E-state index in [0.29, 0.717) is 12.1 Å². The number of amides is 1. The van der Waals surface area contributed by atoms with Gasteiger partial charge in [0.15, 0.2) is 0 Å². The third-order valence-corrected chi connectivity index (χ3v) is 2.93. The van der Waals surface area contributed by atoms with Crippen molar-refractivity contribution < 1.29 is 19.8 Å². The van der Waals surface area contributed by atoms with Gasteiger partial charge in [0, 0.05) is 23.9 Å². The highest BCUT2D eigenvalue weighted by atomic mass is 16.4. The Morgan fingerprint density at radius 1 is 1.10 bits per heavy atom. The number of anilines is 1. The van der Waals surface area contributed by atoms with Crippen LogP contribution in [0.4, 0.5) is 5.69 Å². The Balaban J connectivity index is 2.09. The number of fused-ring (bicyclic) bond motifs is 1. The minimum atomic E-state index is -0.904. The molecule has 0 radical (unpaired) electrons. The molecule has 0 atom stereocenters. The molecule has 0 heterocycles. The predicted octanol–water partition coefficient (Wildman–Crippen LogP) is 2.74. The number of phenols is 1. The maximum absolute atomic E-state index is 11.8. The Morgan fingerprint density at radius 3 is 2.65 bits per heavy atom. The van der Waals surface area contributed by atoms with Crippen molar-refractivity contribution in [2.75, 3.05) is 5.32 Å². The van der Waals surface area contributed by atoms with Gasteiger partial charge in [0.2, 0.25) is 5.91 Å². The lowest BCUT2D eigenvalue weighted by molar-refractivity contribution is -0.137. The van der Waals surface area contributed by atoms with Gasteiger partial charge in [-0.05, 0) is 36.1 Å². The zero-order valence-corrected chi connectivity index (χ0v) is 10.8. The highest BCUT2D eigenvalue weighted by Gasteiger charge is 2.07. The van der Waals surface area contributed by atoms with E-state index in [0.717, 1.165) is 10.8 Å². The summed E-state index contributed by atoms with van der Waals surface area (Å²) in [5, 5.41) is 22.4. The van der Waals surface area contributed by atoms with Crippen LogP contribution in [-0.2, 0) is 9.59 Å². The van der Waals surface area contributed by atoms with Crippen molar-refractivity contribution in [1.82, 2.24) is 0 Å². The fraction of sp³-hybridized carbons (Fsp3) is 0.200. The van der Waals surface area contributed by atoms with E-state index in [2.05, 4.69) is 5.32 Å². The average molecular weight is 273 g/mol. The van der Waals surface area contributed by atoms with Crippen molar-refractivity contribution >= 4 is 28.3 Å². The van der Waals surface area contributed by atoms with Gasteiger partial charge in [-0.3, -0.25) is 9.59 Å². The summed E-state index contributed by atoms with van der Waals surface area (Å²) in [5.41, 5.74) is 0.655. The van der Waals surface area contributed by atoms with E-state index >= 15 is 0 Å². The molecule has 0 spiro atoms. The van der Waals surface area contributed by atoms with Gasteiger partial charge >= 0.3 is 5.97 Å². The first-order valence-electron chi connectivity index (χ1n) is 6.29. The molecule has 5 heteroatoms. The third-order valence-electron chi connectivity index (χ3n) is 2.93. The molecule has 0 unspecified atom stereocenters. The van der Waals surface area contributed by atoms with E-state index in [9.17, 15) is 14.7 Å². The second-order valence-corrected chi connectivity index (χ2v) is 4.51. The van der Waals surface area contributed by atoms with Crippen LogP contribution in [-0.4, -0.2) is 22.1 Å². The molecular weight excluding hydrogens is 258 g/mol. The average Bonchev–Trinajstić information content (AvgIpc) is 2.38. The van der Waals surface area contributed by atoms with Crippen LogP contribution in [0, 0.1) is 0 Å². The predicted molar refractivity (Wildman–Crippen MR) is 75.7 cm³/mol. The number of phenolic OH excluding ortho intramolecular Hbond substituents is 1. The molecule has 0 saturated carbocycles. The maximum Gasteiger partial charge on any atom is 0.303 e. The van der Waals surface area contributed by atoms with Crippen LogP contribution in [0.15, 0.2) is 36.4 Å². The quantitative estimate of drug-likeness (QED) is 0.781.